The SMILES string of the molecule is CN1CCc2nc(NC(=O)c3ccc(Cl)s3)sc2C1. The Labute approximate surface area is 124 Å². The molecule has 3 heterocycles. The number of rotatable bonds is 2. The zero-order valence-corrected chi connectivity index (χ0v) is 12.7. The Balaban J connectivity index is 1.75. The lowest BCUT2D eigenvalue weighted by molar-refractivity contribution is 0.103. The minimum atomic E-state index is -0.142. The molecule has 0 aliphatic carbocycles. The van der Waals surface area contributed by atoms with Crippen LogP contribution in [0.2, 0.25) is 4.34 Å². The summed E-state index contributed by atoms with van der Waals surface area (Å²) in [7, 11) is 2.09. The van der Waals surface area contributed by atoms with Gasteiger partial charge in [-0.3, -0.25) is 10.1 Å². The van der Waals surface area contributed by atoms with Crippen molar-refractivity contribution in [1.29, 1.82) is 0 Å². The number of hydrogen-bond acceptors (Lipinski definition) is 5. The third-order valence-corrected chi connectivity index (χ3v) is 5.17. The number of likely N-dealkylation sites (N-methyl/N-ethyl adjacent to an activating group) is 1. The molecule has 0 fully saturated rings. The number of thiazole rings is 1. The van der Waals surface area contributed by atoms with Gasteiger partial charge in [-0.25, -0.2) is 4.98 Å². The van der Waals surface area contributed by atoms with Gasteiger partial charge in [-0.1, -0.05) is 11.6 Å². The van der Waals surface area contributed by atoms with Crippen molar-refractivity contribution < 1.29 is 4.79 Å². The predicted molar refractivity (Wildman–Crippen MR) is 79.4 cm³/mol. The normalized spacial score (nSPS) is 15.3. The van der Waals surface area contributed by atoms with E-state index in [2.05, 4.69) is 22.2 Å². The molecule has 0 spiro atoms. The van der Waals surface area contributed by atoms with Crippen LogP contribution in [0.25, 0.3) is 0 Å². The van der Waals surface area contributed by atoms with Gasteiger partial charge in [0.1, 0.15) is 0 Å². The molecule has 7 heteroatoms. The van der Waals surface area contributed by atoms with Crippen LogP contribution in [-0.4, -0.2) is 29.4 Å². The first-order chi connectivity index (χ1) is 9.11. The van der Waals surface area contributed by atoms with Crippen molar-refractivity contribution in [3.63, 3.8) is 0 Å². The van der Waals surface area contributed by atoms with E-state index in [-0.39, 0.29) is 5.91 Å². The Morgan fingerprint density at radius 1 is 1.47 bits per heavy atom. The monoisotopic (exact) mass is 313 g/mol. The highest BCUT2D eigenvalue weighted by Gasteiger charge is 2.19. The fraction of sp³-hybridized carbons (Fsp3) is 0.333. The van der Waals surface area contributed by atoms with Crippen molar-refractivity contribution in [2.75, 3.05) is 18.9 Å². The zero-order valence-electron chi connectivity index (χ0n) is 10.3. The topological polar surface area (TPSA) is 45.2 Å². The van der Waals surface area contributed by atoms with Crippen LogP contribution < -0.4 is 5.32 Å². The van der Waals surface area contributed by atoms with Gasteiger partial charge in [-0.15, -0.1) is 22.7 Å². The van der Waals surface area contributed by atoms with Gasteiger partial charge in [-0.2, -0.15) is 0 Å². The molecular formula is C12H12ClN3OS2. The smallest absolute Gasteiger partial charge is 0.267 e. The lowest BCUT2D eigenvalue weighted by Gasteiger charge is -2.20. The quantitative estimate of drug-likeness (QED) is 0.926. The molecule has 0 aromatic carbocycles. The average molecular weight is 314 g/mol. The first-order valence-electron chi connectivity index (χ1n) is 5.85. The summed E-state index contributed by atoms with van der Waals surface area (Å²) in [6, 6.07) is 3.45. The fourth-order valence-corrected chi connectivity index (χ4v) is 3.99. The highest BCUT2D eigenvalue weighted by atomic mass is 35.5. The van der Waals surface area contributed by atoms with Gasteiger partial charge in [0.25, 0.3) is 5.91 Å². The van der Waals surface area contributed by atoms with Crippen molar-refractivity contribution in [2.24, 2.45) is 0 Å². The number of nitrogens with zero attached hydrogens (tertiary/aromatic N) is 2. The molecule has 1 N–H and O–H groups in total. The van der Waals surface area contributed by atoms with Crippen LogP contribution in [0.3, 0.4) is 0 Å². The Hall–Kier alpha value is -0.950. The molecule has 0 atom stereocenters. The summed E-state index contributed by atoms with van der Waals surface area (Å²) in [5.41, 5.74) is 1.11. The van der Waals surface area contributed by atoms with Crippen molar-refractivity contribution in [2.45, 2.75) is 13.0 Å². The van der Waals surface area contributed by atoms with Gasteiger partial charge in [-0.05, 0) is 19.2 Å². The molecule has 2 aromatic rings. The summed E-state index contributed by atoms with van der Waals surface area (Å²) >= 11 is 8.65. The first-order valence-corrected chi connectivity index (χ1v) is 7.87. The first kappa shape index (κ1) is 13.1. The fourth-order valence-electron chi connectivity index (χ4n) is 1.97. The Morgan fingerprint density at radius 3 is 3.05 bits per heavy atom. The van der Waals surface area contributed by atoms with Crippen molar-refractivity contribution in [3.8, 4) is 0 Å². The average Bonchev–Trinajstić information content (AvgIpc) is 2.94. The van der Waals surface area contributed by atoms with Gasteiger partial charge < -0.3 is 4.90 Å². The van der Waals surface area contributed by atoms with Crippen molar-refractivity contribution >= 4 is 45.3 Å². The van der Waals surface area contributed by atoms with E-state index in [4.69, 9.17) is 11.6 Å². The summed E-state index contributed by atoms with van der Waals surface area (Å²) in [4.78, 5) is 20.6. The van der Waals surface area contributed by atoms with E-state index in [1.165, 1.54) is 16.2 Å². The van der Waals surface area contributed by atoms with E-state index >= 15 is 0 Å². The molecule has 19 heavy (non-hydrogen) atoms. The van der Waals surface area contributed by atoms with Crippen LogP contribution >= 0.6 is 34.3 Å². The van der Waals surface area contributed by atoms with E-state index in [1.54, 1.807) is 23.5 Å². The Morgan fingerprint density at radius 2 is 2.32 bits per heavy atom. The van der Waals surface area contributed by atoms with E-state index in [0.29, 0.717) is 14.3 Å². The maximum atomic E-state index is 12.0. The van der Waals surface area contributed by atoms with E-state index in [0.717, 1.165) is 25.2 Å². The van der Waals surface area contributed by atoms with Crippen LogP contribution in [0, 0.1) is 0 Å². The lowest BCUT2D eigenvalue weighted by Crippen LogP contribution is -2.25. The standard InChI is InChI=1S/C12H12ClN3OS2/c1-16-5-4-7-9(6-16)19-12(14-7)15-11(17)8-2-3-10(13)18-8/h2-3H,4-6H2,1H3,(H,14,15,17). The molecule has 0 saturated carbocycles. The molecule has 4 nitrogen and oxygen atoms in total. The third kappa shape index (κ3) is 2.81. The molecule has 0 saturated heterocycles. The minimum Gasteiger partial charge on any atom is -0.301 e. The third-order valence-electron chi connectivity index (χ3n) is 2.94. The molecule has 1 aliphatic heterocycles. The summed E-state index contributed by atoms with van der Waals surface area (Å²) in [5, 5.41) is 3.52. The number of nitrogens with one attached hydrogen (secondary N) is 1. The maximum Gasteiger partial charge on any atom is 0.267 e. The van der Waals surface area contributed by atoms with E-state index < -0.39 is 0 Å². The van der Waals surface area contributed by atoms with Gasteiger partial charge in [0.2, 0.25) is 0 Å². The summed E-state index contributed by atoms with van der Waals surface area (Å²) < 4.78 is 0.616. The molecule has 2 aromatic heterocycles. The maximum absolute atomic E-state index is 12.0. The van der Waals surface area contributed by atoms with Gasteiger partial charge in [0, 0.05) is 24.4 Å². The van der Waals surface area contributed by atoms with Crippen LogP contribution in [0.4, 0.5) is 5.13 Å². The number of carbonyl (C=O) groups is 1. The lowest BCUT2D eigenvalue weighted by atomic mass is 10.2. The second-order valence-electron chi connectivity index (χ2n) is 4.43. The van der Waals surface area contributed by atoms with Crippen LogP contribution in [0.1, 0.15) is 20.2 Å². The summed E-state index contributed by atoms with van der Waals surface area (Å²) in [5.74, 6) is -0.142. The number of halogens is 1. The summed E-state index contributed by atoms with van der Waals surface area (Å²) in [6.07, 6.45) is 0.947. The molecule has 0 bridgehead atoms. The largest absolute Gasteiger partial charge is 0.301 e. The predicted octanol–water partition coefficient (Wildman–Crippen LogP) is 3.10. The zero-order chi connectivity index (χ0) is 13.4. The number of fused-ring (bicyclic) bond motifs is 1. The molecule has 1 aliphatic rings. The summed E-state index contributed by atoms with van der Waals surface area (Å²) in [6.45, 7) is 1.93. The highest BCUT2D eigenvalue weighted by molar-refractivity contribution is 7.18. The molecule has 3 rings (SSSR count). The van der Waals surface area contributed by atoms with E-state index in [9.17, 15) is 4.79 Å². The Bertz CT molecular complexity index is 622. The van der Waals surface area contributed by atoms with Gasteiger partial charge in [0.15, 0.2) is 5.13 Å². The minimum absolute atomic E-state index is 0.142. The van der Waals surface area contributed by atoms with Crippen LogP contribution in [-0.2, 0) is 13.0 Å². The van der Waals surface area contributed by atoms with Crippen molar-refractivity contribution in [3.05, 3.63) is 31.9 Å². The molecule has 0 radical (unpaired) electrons. The number of carbonyl (C=O) groups excluding carboxylic acids is 1. The van der Waals surface area contributed by atoms with Gasteiger partial charge in [0.05, 0.1) is 14.9 Å². The highest BCUT2D eigenvalue weighted by Crippen LogP contribution is 2.29. The number of amides is 1. The number of aromatic nitrogens is 1. The van der Waals surface area contributed by atoms with Crippen molar-refractivity contribution in [1.82, 2.24) is 9.88 Å². The van der Waals surface area contributed by atoms with Gasteiger partial charge >= 0.3 is 0 Å². The molecule has 1 amide bonds. The second-order valence-corrected chi connectivity index (χ2v) is 7.23. The van der Waals surface area contributed by atoms with Crippen LogP contribution in [0.15, 0.2) is 12.1 Å². The number of anilines is 1. The molecule has 0 unspecified atom stereocenters. The Kier molecular flexibility index (Phi) is 3.58. The van der Waals surface area contributed by atoms with Crippen LogP contribution in [0.5, 0.6) is 0 Å². The number of thiophene rings is 1. The second kappa shape index (κ2) is 5.20. The van der Waals surface area contributed by atoms with E-state index in [1.807, 2.05) is 0 Å². The number of hydrogen-bond donors (Lipinski definition) is 1. The molecule has 100 valence electrons. The molecular weight excluding hydrogens is 302 g/mol.